The van der Waals surface area contributed by atoms with Gasteiger partial charge in [-0.05, 0) is 37.3 Å². The molecule has 0 unspecified atom stereocenters. The number of nitrogens with zero attached hydrogens (tertiary/aromatic N) is 3. The first-order valence-electron chi connectivity index (χ1n) is 8.38. The molecule has 0 bridgehead atoms. The molecule has 25 heavy (non-hydrogen) atoms. The van der Waals surface area contributed by atoms with Crippen molar-refractivity contribution >= 4 is 5.71 Å². The number of para-hydroxylation sites is 1. The molecule has 124 valence electrons. The van der Waals surface area contributed by atoms with Gasteiger partial charge < -0.3 is 9.15 Å². The van der Waals surface area contributed by atoms with Crippen LogP contribution in [0.15, 0.2) is 70.4 Å². The molecule has 0 fully saturated rings. The topological polar surface area (TPSA) is 50.9 Å². The summed E-state index contributed by atoms with van der Waals surface area (Å²) < 4.78 is 12.1. The van der Waals surface area contributed by atoms with Crippen molar-refractivity contribution in [3.63, 3.8) is 0 Å². The van der Waals surface area contributed by atoms with Crippen LogP contribution in [0.3, 0.4) is 0 Å². The number of furan rings is 1. The molecule has 0 amide bonds. The normalized spacial score (nSPS) is 21.3. The fourth-order valence-electron chi connectivity index (χ4n) is 3.52. The maximum absolute atomic E-state index is 6.28. The van der Waals surface area contributed by atoms with E-state index in [0.717, 1.165) is 40.5 Å². The highest BCUT2D eigenvalue weighted by molar-refractivity contribution is 5.99. The summed E-state index contributed by atoms with van der Waals surface area (Å²) >= 11 is 0. The summed E-state index contributed by atoms with van der Waals surface area (Å²) in [6.07, 6.45) is 4.10. The summed E-state index contributed by atoms with van der Waals surface area (Å²) in [6, 6.07) is 16.2. The molecule has 5 heteroatoms. The van der Waals surface area contributed by atoms with Gasteiger partial charge in [-0.15, -0.1) is 0 Å². The molecule has 2 aromatic heterocycles. The number of aryl methyl sites for hydroxylation is 1. The van der Waals surface area contributed by atoms with Gasteiger partial charge in [0, 0.05) is 29.9 Å². The van der Waals surface area contributed by atoms with Gasteiger partial charge in [-0.25, -0.2) is 5.01 Å². The first-order chi connectivity index (χ1) is 12.3. The zero-order chi connectivity index (χ0) is 16.8. The van der Waals surface area contributed by atoms with Crippen LogP contribution in [0.5, 0.6) is 5.75 Å². The highest BCUT2D eigenvalue weighted by atomic mass is 16.5. The van der Waals surface area contributed by atoms with Crippen LogP contribution in [0.4, 0.5) is 0 Å². The molecule has 0 spiro atoms. The highest BCUT2D eigenvalue weighted by Crippen LogP contribution is 2.47. The molecular formula is C20H17N3O2. The van der Waals surface area contributed by atoms with Crippen molar-refractivity contribution in [1.29, 1.82) is 0 Å². The van der Waals surface area contributed by atoms with E-state index in [1.54, 1.807) is 12.4 Å². The summed E-state index contributed by atoms with van der Waals surface area (Å²) in [5, 5.41) is 6.91. The molecule has 3 aromatic rings. The number of hydrogen-bond donors (Lipinski definition) is 0. The van der Waals surface area contributed by atoms with Crippen LogP contribution in [0.25, 0.3) is 0 Å². The molecule has 2 aliphatic rings. The van der Waals surface area contributed by atoms with E-state index < -0.39 is 0 Å². The summed E-state index contributed by atoms with van der Waals surface area (Å²) in [6.45, 7) is 1.95. The van der Waals surface area contributed by atoms with Gasteiger partial charge in [-0.1, -0.05) is 18.2 Å². The number of benzene rings is 1. The van der Waals surface area contributed by atoms with Crippen molar-refractivity contribution in [2.45, 2.75) is 25.6 Å². The summed E-state index contributed by atoms with van der Waals surface area (Å²) in [7, 11) is 0. The monoisotopic (exact) mass is 331 g/mol. The molecule has 5 nitrogen and oxygen atoms in total. The van der Waals surface area contributed by atoms with Gasteiger partial charge in [0.05, 0.1) is 6.04 Å². The van der Waals surface area contributed by atoms with Crippen molar-refractivity contribution in [2.75, 3.05) is 0 Å². The smallest absolute Gasteiger partial charge is 0.213 e. The minimum atomic E-state index is -0.267. The van der Waals surface area contributed by atoms with Crippen LogP contribution in [-0.2, 0) is 0 Å². The third kappa shape index (κ3) is 2.31. The Morgan fingerprint density at radius 1 is 1.04 bits per heavy atom. The standard InChI is InChI=1S/C20H17N3O2/c1-13-6-7-19(24-13)16-12-17-15-4-2-3-5-18(15)25-20(23(17)22-16)14-8-10-21-11-9-14/h2-11,17,20H,12H2,1H3/t17-,20+/m1/s1. The van der Waals surface area contributed by atoms with E-state index in [1.807, 2.05) is 54.4 Å². The molecule has 0 N–H and O–H groups in total. The van der Waals surface area contributed by atoms with E-state index >= 15 is 0 Å². The number of rotatable bonds is 2. The lowest BCUT2D eigenvalue weighted by Gasteiger charge is -2.38. The Kier molecular flexibility index (Phi) is 3.13. The van der Waals surface area contributed by atoms with Gasteiger partial charge in [-0.2, -0.15) is 5.10 Å². The zero-order valence-electron chi connectivity index (χ0n) is 13.8. The third-order valence-corrected chi connectivity index (χ3v) is 4.72. The Balaban J connectivity index is 1.60. The molecule has 0 radical (unpaired) electrons. The lowest BCUT2D eigenvalue weighted by atomic mass is 9.98. The van der Waals surface area contributed by atoms with Crippen molar-refractivity contribution in [1.82, 2.24) is 9.99 Å². The first kappa shape index (κ1) is 14.3. The molecule has 0 saturated heterocycles. The third-order valence-electron chi connectivity index (χ3n) is 4.72. The summed E-state index contributed by atoms with van der Waals surface area (Å²) in [5.74, 6) is 2.64. The maximum atomic E-state index is 6.28. The molecule has 4 heterocycles. The zero-order valence-corrected chi connectivity index (χ0v) is 13.8. The number of aromatic nitrogens is 1. The number of ether oxygens (including phenoxy) is 1. The summed E-state index contributed by atoms with van der Waals surface area (Å²) in [5.41, 5.74) is 3.16. The predicted octanol–water partition coefficient (Wildman–Crippen LogP) is 4.23. The van der Waals surface area contributed by atoms with Gasteiger partial charge in [-0.3, -0.25) is 4.98 Å². The second-order valence-corrected chi connectivity index (χ2v) is 6.35. The number of hydrogen-bond acceptors (Lipinski definition) is 5. The van der Waals surface area contributed by atoms with E-state index in [-0.39, 0.29) is 12.3 Å². The lowest BCUT2D eigenvalue weighted by Crippen LogP contribution is -2.33. The summed E-state index contributed by atoms with van der Waals surface area (Å²) in [4.78, 5) is 4.11. The van der Waals surface area contributed by atoms with Gasteiger partial charge in [0.1, 0.15) is 23.0 Å². The fraction of sp³-hybridized carbons (Fsp3) is 0.200. The molecule has 0 saturated carbocycles. The van der Waals surface area contributed by atoms with Crippen molar-refractivity contribution < 1.29 is 9.15 Å². The van der Waals surface area contributed by atoms with Crippen LogP contribution in [0.2, 0.25) is 0 Å². The minimum absolute atomic E-state index is 0.142. The van der Waals surface area contributed by atoms with E-state index in [2.05, 4.69) is 11.1 Å². The van der Waals surface area contributed by atoms with E-state index in [9.17, 15) is 0 Å². The molecule has 2 aliphatic heterocycles. The van der Waals surface area contributed by atoms with Crippen LogP contribution in [0, 0.1) is 6.92 Å². The molecule has 0 aliphatic carbocycles. The second kappa shape index (κ2) is 5.48. The van der Waals surface area contributed by atoms with Crippen molar-refractivity contribution in [3.8, 4) is 5.75 Å². The highest BCUT2D eigenvalue weighted by Gasteiger charge is 2.41. The Labute approximate surface area is 145 Å². The van der Waals surface area contributed by atoms with Crippen LogP contribution < -0.4 is 4.74 Å². The Morgan fingerprint density at radius 2 is 1.88 bits per heavy atom. The predicted molar refractivity (Wildman–Crippen MR) is 93.2 cm³/mol. The van der Waals surface area contributed by atoms with E-state index in [1.165, 1.54) is 0 Å². The Hall–Kier alpha value is -3.08. The fourth-order valence-corrected chi connectivity index (χ4v) is 3.52. The molecule has 2 atom stereocenters. The van der Waals surface area contributed by atoms with Crippen LogP contribution in [-0.4, -0.2) is 15.7 Å². The lowest BCUT2D eigenvalue weighted by molar-refractivity contribution is -0.0190. The van der Waals surface area contributed by atoms with Gasteiger partial charge in [0.2, 0.25) is 6.23 Å². The molecule has 5 rings (SSSR count). The SMILES string of the molecule is Cc1ccc(C2=NN3[C@H](C2)c2ccccc2O[C@H]3c2ccncc2)o1. The minimum Gasteiger partial charge on any atom is -0.464 e. The van der Waals surface area contributed by atoms with Gasteiger partial charge in [0.25, 0.3) is 0 Å². The maximum Gasteiger partial charge on any atom is 0.213 e. The van der Waals surface area contributed by atoms with Gasteiger partial charge in [0.15, 0.2) is 0 Å². The average molecular weight is 331 g/mol. The van der Waals surface area contributed by atoms with E-state index in [0.29, 0.717) is 0 Å². The number of hydrazone groups is 1. The Bertz CT molecular complexity index is 948. The first-order valence-corrected chi connectivity index (χ1v) is 8.38. The van der Waals surface area contributed by atoms with Gasteiger partial charge >= 0.3 is 0 Å². The Morgan fingerprint density at radius 3 is 2.68 bits per heavy atom. The average Bonchev–Trinajstić information content (AvgIpc) is 3.28. The van der Waals surface area contributed by atoms with Crippen molar-refractivity contribution in [3.05, 3.63) is 83.6 Å². The second-order valence-electron chi connectivity index (χ2n) is 6.35. The number of pyridine rings is 1. The quantitative estimate of drug-likeness (QED) is 0.705. The van der Waals surface area contributed by atoms with Crippen molar-refractivity contribution in [2.24, 2.45) is 5.10 Å². The molecular weight excluding hydrogens is 314 g/mol. The van der Waals surface area contributed by atoms with Crippen LogP contribution in [0.1, 0.15) is 41.3 Å². The molecule has 1 aromatic carbocycles. The largest absolute Gasteiger partial charge is 0.464 e. The van der Waals surface area contributed by atoms with E-state index in [4.69, 9.17) is 14.3 Å². The number of fused-ring (bicyclic) bond motifs is 3. The van der Waals surface area contributed by atoms with Crippen LogP contribution >= 0.6 is 0 Å².